The van der Waals surface area contributed by atoms with Gasteiger partial charge in [0.15, 0.2) is 0 Å². The van der Waals surface area contributed by atoms with E-state index in [-0.39, 0.29) is 6.09 Å². The average Bonchev–Trinajstić information content (AvgIpc) is 2.66. The number of amides is 1. The van der Waals surface area contributed by atoms with Crippen LogP contribution in [0, 0.1) is 0 Å². The number of aliphatic imine (C=N–C) groups is 1. The van der Waals surface area contributed by atoms with E-state index in [2.05, 4.69) is 4.99 Å². The fourth-order valence-electron chi connectivity index (χ4n) is 1.39. The molecule has 1 aromatic carbocycles. The van der Waals surface area contributed by atoms with Gasteiger partial charge in [0.2, 0.25) is 6.08 Å². The molecule has 1 amide bonds. The highest BCUT2D eigenvalue weighted by molar-refractivity contribution is 5.89. The first-order valence-electron chi connectivity index (χ1n) is 4.43. The van der Waals surface area contributed by atoms with Crippen LogP contribution < -0.4 is 4.90 Å². The topological polar surface area (TPSA) is 59.0 Å². The van der Waals surface area contributed by atoms with Crippen molar-refractivity contribution in [3.8, 4) is 0 Å². The van der Waals surface area contributed by atoms with Gasteiger partial charge in [-0.3, -0.25) is 4.90 Å². The van der Waals surface area contributed by atoms with Gasteiger partial charge in [0, 0.05) is 5.69 Å². The fourth-order valence-corrected chi connectivity index (χ4v) is 1.39. The number of carbonyl (C=O) groups excluding carboxylic acids is 2. The predicted molar refractivity (Wildman–Crippen MR) is 52.9 cm³/mol. The number of ether oxygens (including phenoxy) is 1. The Kier molecular flexibility index (Phi) is 2.48. The molecule has 0 spiro atoms. The largest absolute Gasteiger partial charge is 0.447 e. The molecule has 5 heteroatoms. The third-order valence-corrected chi connectivity index (χ3v) is 2.10. The Bertz CT molecular complexity index is 421. The van der Waals surface area contributed by atoms with Crippen LogP contribution in [0.1, 0.15) is 0 Å². The van der Waals surface area contributed by atoms with Crippen LogP contribution in [-0.2, 0) is 9.53 Å². The van der Waals surface area contributed by atoms with Crippen LogP contribution in [0.25, 0.3) is 0 Å². The highest BCUT2D eigenvalue weighted by Gasteiger charge is 2.23. The molecular weight excluding hydrogens is 196 g/mol. The third-order valence-electron chi connectivity index (χ3n) is 2.10. The van der Waals surface area contributed by atoms with Crippen molar-refractivity contribution in [3.05, 3.63) is 24.3 Å². The van der Waals surface area contributed by atoms with E-state index in [1.165, 1.54) is 11.0 Å². The highest BCUT2D eigenvalue weighted by atomic mass is 16.6. The van der Waals surface area contributed by atoms with Crippen molar-refractivity contribution >= 4 is 23.5 Å². The first-order chi connectivity index (χ1) is 7.31. The van der Waals surface area contributed by atoms with E-state index < -0.39 is 0 Å². The van der Waals surface area contributed by atoms with Crippen LogP contribution in [0.15, 0.2) is 29.3 Å². The second kappa shape index (κ2) is 3.94. The van der Waals surface area contributed by atoms with Gasteiger partial charge in [0.05, 0.1) is 12.2 Å². The lowest BCUT2D eigenvalue weighted by atomic mass is 10.2. The van der Waals surface area contributed by atoms with E-state index in [0.29, 0.717) is 18.8 Å². The van der Waals surface area contributed by atoms with Gasteiger partial charge < -0.3 is 4.74 Å². The van der Waals surface area contributed by atoms with E-state index in [0.717, 1.165) is 5.69 Å². The van der Waals surface area contributed by atoms with Crippen LogP contribution >= 0.6 is 0 Å². The van der Waals surface area contributed by atoms with Gasteiger partial charge in [-0.25, -0.2) is 9.59 Å². The van der Waals surface area contributed by atoms with Crippen molar-refractivity contribution in [2.75, 3.05) is 18.1 Å². The van der Waals surface area contributed by atoms with E-state index in [9.17, 15) is 9.59 Å². The summed E-state index contributed by atoms with van der Waals surface area (Å²) in [6, 6.07) is 6.71. The normalized spacial score (nSPS) is 14.7. The minimum atomic E-state index is -0.346. The summed E-state index contributed by atoms with van der Waals surface area (Å²) in [5, 5.41) is 0. The number of rotatable bonds is 2. The van der Waals surface area contributed by atoms with E-state index in [1.54, 1.807) is 24.3 Å². The lowest BCUT2D eigenvalue weighted by Crippen LogP contribution is -2.22. The van der Waals surface area contributed by atoms with Gasteiger partial charge in [0.25, 0.3) is 0 Å². The van der Waals surface area contributed by atoms with Gasteiger partial charge in [0.1, 0.15) is 6.61 Å². The van der Waals surface area contributed by atoms with Crippen molar-refractivity contribution < 1.29 is 14.3 Å². The Morgan fingerprint density at radius 2 is 2.07 bits per heavy atom. The summed E-state index contributed by atoms with van der Waals surface area (Å²) >= 11 is 0. The van der Waals surface area contributed by atoms with Crippen molar-refractivity contribution in [1.82, 2.24) is 0 Å². The Hall–Kier alpha value is -2.13. The quantitative estimate of drug-likeness (QED) is 0.543. The van der Waals surface area contributed by atoms with E-state index in [1.807, 2.05) is 0 Å². The summed E-state index contributed by atoms with van der Waals surface area (Å²) in [6.45, 7) is 0.961. The molecule has 0 atom stereocenters. The Balaban J connectivity index is 2.23. The third kappa shape index (κ3) is 1.87. The van der Waals surface area contributed by atoms with Gasteiger partial charge in [-0.15, -0.1) is 0 Å². The lowest BCUT2D eigenvalue weighted by Gasteiger charge is -2.11. The Labute approximate surface area is 86.0 Å². The second-order valence-corrected chi connectivity index (χ2v) is 2.99. The molecule has 15 heavy (non-hydrogen) atoms. The van der Waals surface area contributed by atoms with Gasteiger partial charge in [-0.2, -0.15) is 4.99 Å². The Morgan fingerprint density at radius 1 is 1.33 bits per heavy atom. The monoisotopic (exact) mass is 204 g/mol. The molecule has 0 aromatic heterocycles. The fraction of sp³-hybridized carbons (Fsp3) is 0.200. The smallest absolute Gasteiger partial charge is 0.414 e. The second-order valence-electron chi connectivity index (χ2n) is 2.99. The first-order valence-corrected chi connectivity index (χ1v) is 4.43. The minimum absolute atomic E-state index is 0.346. The molecule has 5 nitrogen and oxygen atoms in total. The van der Waals surface area contributed by atoms with Crippen molar-refractivity contribution in [3.63, 3.8) is 0 Å². The zero-order chi connectivity index (χ0) is 10.7. The summed E-state index contributed by atoms with van der Waals surface area (Å²) in [5.74, 6) is 0. The van der Waals surface area contributed by atoms with Gasteiger partial charge in [-0.1, -0.05) is 0 Å². The van der Waals surface area contributed by atoms with Crippen molar-refractivity contribution in [2.45, 2.75) is 0 Å². The zero-order valence-corrected chi connectivity index (χ0v) is 7.84. The number of anilines is 1. The van der Waals surface area contributed by atoms with Crippen LogP contribution in [-0.4, -0.2) is 25.3 Å². The standard InChI is InChI=1S/C10H8N2O3/c13-7-11-8-1-3-9(4-2-8)12-5-6-15-10(12)14/h1-4H,5-6H2. The molecule has 0 saturated carbocycles. The lowest BCUT2D eigenvalue weighted by molar-refractivity contribution is 0.181. The minimum Gasteiger partial charge on any atom is -0.447 e. The van der Waals surface area contributed by atoms with E-state index in [4.69, 9.17) is 4.74 Å². The number of benzene rings is 1. The molecule has 2 rings (SSSR count). The highest BCUT2D eigenvalue weighted by Crippen LogP contribution is 2.21. The molecule has 0 N–H and O–H groups in total. The van der Waals surface area contributed by atoms with E-state index >= 15 is 0 Å². The molecule has 0 unspecified atom stereocenters. The van der Waals surface area contributed by atoms with Gasteiger partial charge in [-0.05, 0) is 24.3 Å². The molecule has 1 aromatic rings. The van der Waals surface area contributed by atoms with Crippen molar-refractivity contribution in [1.29, 1.82) is 0 Å². The summed E-state index contributed by atoms with van der Waals surface area (Å²) in [5.41, 5.74) is 1.25. The first kappa shape index (κ1) is 9.43. The summed E-state index contributed by atoms with van der Waals surface area (Å²) in [4.78, 5) is 26.2. The molecule has 0 radical (unpaired) electrons. The van der Waals surface area contributed by atoms with Crippen LogP contribution in [0.4, 0.5) is 16.2 Å². The number of hydrogen-bond donors (Lipinski definition) is 0. The van der Waals surface area contributed by atoms with Crippen LogP contribution in [0.2, 0.25) is 0 Å². The average molecular weight is 204 g/mol. The van der Waals surface area contributed by atoms with Gasteiger partial charge >= 0.3 is 6.09 Å². The number of isocyanates is 1. The maximum Gasteiger partial charge on any atom is 0.414 e. The predicted octanol–water partition coefficient (Wildman–Crippen LogP) is 1.61. The molecule has 0 aliphatic carbocycles. The van der Waals surface area contributed by atoms with Crippen LogP contribution in [0.5, 0.6) is 0 Å². The number of carbonyl (C=O) groups is 1. The summed E-state index contributed by atoms with van der Waals surface area (Å²) in [7, 11) is 0. The van der Waals surface area contributed by atoms with Crippen LogP contribution in [0.3, 0.4) is 0 Å². The summed E-state index contributed by atoms with van der Waals surface area (Å²) < 4.78 is 4.80. The molecule has 1 aliphatic heterocycles. The molecule has 76 valence electrons. The zero-order valence-electron chi connectivity index (χ0n) is 7.84. The SMILES string of the molecule is O=C=Nc1ccc(N2CCOC2=O)cc1. The maximum atomic E-state index is 11.2. The molecule has 0 bridgehead atoms. The maximum absolute atomic E-state index is 11.2. The number of nitrogens with zero attached hydrogens (tertiary/aromatic N) is 2. The summed E-state index contributed by atoms with van der Waals surface area (Å²) in [6.07, 6.45) is 1.11. The Morgan fingerprint density at radius 3 is 2.60 bits per heavy atom. The number of cyclic esters (lactones) is 1. The molecular formula is C10H8N2O3. The number of hydrogen-bond acceptors (Lipinski definition) is 4. The molecule has 1 saturated heterocycles. The molecule has 1 heterocycles. The molecule has 1 aliphatic rings. The van der Waals surface area contributed by atoms with Crippen molar-refractivity contribution in [2.24, 2.45) is 4.99 Å². The molecule has 1 fully saturated rings.